The summed E-state index contributed by atoms with van der Waals surface area (Å²) in [6, 6.07) is 16.4. The maximum Gasteiger partial charge on any atom is 0.337 e. The van der Waals surface area contributed by atoms with Gasteiger partial charge >= 0.3 is 5.97 Å². The summed E-state index contributed by atoms with van der Waals surface area (Å²) in [4.78, 5) is 48.1. The molecule has 3 heterocycles. The van der Waals surface area contributed by atoms with Crippen LogP contribution >= 0.6 is 0 Å². The molecule has 4 aromatic rings. The van der Waals surface area contributed by atoms with Crippen LogP contribution in [0.5, 0.6) is 0 Å². The van der Waals surface area contributed by atoms with Crippen molar-refractivity contribution >= 4 is 34.5 Å². The summed E-state index contributed by atoms with van der Waals surface area (Å²) in [5.41, 5.74) is 2.99. The molecule has 1 saturated heterocycles. The Hall–Kier alpha value is -4.79. The highest BCUT2D eigenvalue weighted by Crippen LogP contribution is 2.39. The third-order valence-corrected chi connectivity index (χ3v) is 6.25. The molecule has 1 aliphatic rings. The number of rotatable bonds is 6. The van der Waals surface area contributed by atoms with Gasteiger partial charge in [-0.15, -0.1) is 0 Å². The van der Waals surface area contributed by atoms with Gasteiger partial charge in [-0.1, -0.05) is 24.3 Å². The minimum atomic E-state index is -0.848. The van der Waals surface area contributed by atoms with E-state index in [9.17, 15) is 19.5 Å². The Bertz CT molecular complexity index is 1490. The molecule has 9 heteroatoms. The van der Waals surface area contributed by atoms with Gasteiger partial charge in [-0.3, -0.25) is 14.6 Å². The quantitative estimate of drug-likeness (QED) is 0.194. The summed E-state index contributed by atoms with van der Waals surface area (Å²) in [7, 11) is 1.29. The van der Waals surface area contributed by atoms with Gasteiger partial charge in [0.05, 0.1) is 41.6 Å². The van der Waals surface area contributed by atoms with Gasteiger partial charge in [0, 0.05) is 31.0 Å². The molecule has 0 bridgehead atoms. The average molecular weight is 482 g/mol. The second-order valence-electron chi connectivity index (χ2n) is 8.27. The number of hydrogen-bond donors (Lipinski definition) is 1. The summed E-state index contributed by atoms with van der Waals surface area (Å²) >= 11 is 0. The van der Waals surface area contributed by atoms with Crippen molar-refractivity contribution in [3.8, 4) is 0 Å². The molecule has 1 unspecified atom stereocenters. The van der Waals surface area contributed by atoms with E-state index in [-0.39, 0.29) is 17.9 Å². The predicted octanol–water partition coefficient (Wildman–Crippen LogP) is 3.34. The molecule has 5 rings (SSSR count). The fourth-order valence-corrected chi connectivity index (χ4v) is 4.45. The molecule has 1 atom stereocenters. The lowest BCUT2D eigenvalue weighted by atomic mass is 9.95. The Morgan fingerprint density at radius 2 is 1.69 bits per heavy atom. The van der Waals surface area contributed by atoms with Gasteiger partial charge in [-0.25, -0.2) is 9.78 Å². The Kier molecular flexibility index (Phi) is 6.03. The summed E-state index contributed by atoms with van der Waals surface area (Å²) in [5.74, 6) is -2.27. The number of esters is 1. The summed E-state index contributed by atoms with van der Waals surface area (Å²) < 4.78 is 6.68. The number of ether oxygens (including phenoxy) is 1. The van der Waals surface area contributed by atoms with Crippen LogP contribution in [0.3, 0.4) is 0 Å². The van der Waals surface area contributed by atoms with Gasteiger partial charge in [0.1, 0.15) is 5.76 Å². The van der Waals surface area contributed by atoms with Crippen molar-refractivity contribution in [2.24, 2.45) is 0 Å². The van der Waals surface area contributed by atoms with E-state index in [2.05, 4.69) is 9.97 Å². The second-order valence-corrected chi connectivity index (χ2v) is 8.27. The highest BCUT2D eigenvalue weighted by molar-refractivity contribution is 6.46. The molecule has 36 heavy (non-hydrogen) atoms. The van der Waals surface area contributed by atoms with E-state index in [0.717, 1.165) is 11.0 Å². The van der Waals surface area contributed by atoms with Gasteiger partial charge in [-0.05, 0) is 42.0 Å². The number of Topliss-reactive ketones (excluding diaryl/α,β-unsaturated/α-hetero) is 1. The Morgan fingerprint density at radius 1 is 0.972 bits per heavy atom. The molecule has 2 aromatic heterocycles. The van der Waals surface area contributed by atoms with Gasteiger partial charge in [0.2, 0.25) is 0 Å². The van der Waals surface area contributed by atoms with Crippen molar-refractivity contribution in [3.63, 3.8) is 0 Å². The number of likely N-dealkylation sites (tertiary alicyclic amines) is 1. The van der Waals surface area contributed by atoms with Gasteiger partial charge < -0.3 is 19.3 Å². The summed E-state index contributed by atoms with van der Waals surface area (Å²) in [5, 5.41) is 11.1. The number of hydrogen-bond acceptors (Lipinski definition) is 7. The van der Waals surface area contributed by atoms with Crippen LogP contribution in [0.1, 0.15) is 27.5 Å². The number of aliphatic hydroxyl groups is 1. The van der Waals surface area contributed by atoms with Gasteiger partial charge in [-0.2, -0.15) is 0 Å². The smallest absolute Gasteiger partial charge is 0.337 e. The van der Waals surface area contributed by atoms with Crippen LogP contribution in [0.4, 0.5) is 0 Å². The maximum atomic E-state index is 13.2. The molecule has 1 fully saturated rings. The summed E-state index contributed by atoms with van der Waals surface area (Å²) in [6.45, 7) is 0.584. The van der Waals surface area contributed by atoms with Crippen LogP contribution in [-0.4, -0.2) is 55.9 Å². The standard InChI is InChI=1S/C27H22N4O5/c1-36-27(35)19-8-6-17(7-9-19)23-22(24(32)18-10-12-28-13-11-18)25(33)26(34)31(23)15-14-30-16-29-20-4-2-3-5-21(20)30/h2-13,16,23,32H,14-15H2,1H3. The number of aromatic nitrogens is 3. The number of benzene rings is 2. The number of imidazole rings is 1. The van der Waals surface area contributed by atoms with Crippen LogP contribution in [0.15, 0.2) is 85.0 Å². The number of carbonyl (C=O) groups is 3. The number of nitrogens with zero attached hydrogens (tertiary/aromatic N) is 4. The lowest BCUT2D eigenvalue weighted by Gasteiger charge is -2.25. The first kappa shape index (κ1) is 23.0. The normalized spacial score (nSPS) is 17.0. The number of ketones is 1. The predicted molar refractivity (Wildman–Crippen MR) is 131 cm³/mol. The van der Waals surface area contributed by atoms with E-state index in [4.69, 9.17) is 4.74 Å². The highest BCUT2D eigenvalue weighted by Gasteiger charge is 2.46. The number of fused-ring (bicyclic) bond motifs is 1. The molecule has 9 nitrogen and oxygen atoms in total. The lowest BCUT2D eigenvalue weighted by Crippen LogP contribution is -2.32. The monoisotopic (exact) mass is 482 g/mol. The maximum absolute atomic E-state index is 13.2. The van der Waals surface area contributed by atoms with Crippen LogP contribution in [0, 0.1) is 0 Å². The Labute approximate surface area is 206 Å². The zero-order valence-corrected chi connectivity index (χ0v) is 19.4. The molecule has 0 saturated carbocycles. The number of amides is 1. The largest absolute Gasteiger partial charge is 0.507 e. The zero-order chi connectivity index (χ0) is 25.2. The van der Waals surface area contributed by atoms with Crippen molar-refractivity contribution in [3.05, 3.63) is 102 Å². The van der Waals surface area contributed by atoms with Crippen LogP contribution in [0.25, 0.3) is 16.8 Å². The number of carbonyl (C=O) groups excluding carboxylic acids is 3. The van der Waals surface area contributed by atoms with Crippen molar-refractivity contribution < 1.29 is 24.2 Å². The molecule has 0 aliphatic carbocycles. The number of aliphatic hydroxyl groups excluding tert-OH is 1. The van der Waals surface area contributed by atoms with Crippen LogP contribution in [0.2, 0.25) is 0 Å². The number of methoxy groups -OCH3 is 1. The van der Waals surface area contributed by atoms with Gasteiger partial charge in [0.15, 0.2) is 0 Å². The number of para-hydroxylation sites is 2. The van der Waals surface area contributed by atoms with Crippen molar-refractivity contribution in [1.82, 2.24) is 19.4 Å². The first-order valence-electron chi connectivity index (χ1n) is 11.3. The highest BCUT2D eigenvalue weighted by atomic mass is 16.5. The molecule has 1 N–H and O–H groups in total. The minimum absolute atomic E-state index is 0.0208. The molecule has 2 aromatic carbocycles. The van der Waals surface area contributed by atoms with Crippen molar-refractivity contribution in [2.75, 3.05) is 13.7 Å². The van der Waals surface area contributed by atoms with E-state index >= 15 is 0 Å². The third-order valence-electron chi connectivity index (χ3n) is 6.25. The fraction of sp³-hybridized carbons (Fsp3) is 0.148. The molecular weight excluding hydrogens is 460 g/mol. The van der Waals surface area contributed by atoms with E-state index in [1.54, 1.807) is 42.7 Å². The topological polar surface area (TPSA) is 115 Å². The average Bonchev–Trinajstić information content (AvgIpc) is 3.45. The number of pyridine rings is 1. The second kappa shape index (κ2) is 9.46. The van der Waals surface area contributed by atoms with E-state index in [1.807, 2.05) is 28.8 Å². The van der Waals surface area contributed by atoms with Crippen molar-refractivity contribution in [2.45, 2.75) is 12.6 Å². The molecular formula is C27H22N4O5. The van der Waals surface area contributed by atoms with E-state index < -0.39 is 23.7 Å². The van der Waals surface area contributed by atoms with Crippen LogP contribution in [-0.2, 0) is 20.9 Å². The molecule has 1 amide bonds. The minimum Gasteiger partial charge on any atom is -0.507 e. The summed E-state index contributed by atoms with van der Waals surface area (Å²) in [6.07, 6.45) is 4.68. The van der Waals surface area contributed by atoms with Gasteiger partial charge in [0.25, 0.3) is 11.7 Å². The van der Waals surface area contributed by atoms with E-state index in [1.165, 1.54) is 24.4 Å². The Morgan fingerprint density at radius 3 is 2.42 bits per heavy atom. The first-order chi connectivity index (χ1) is 17.5. The first-order valence-corrected chi connectivity index (χ1v) is 11.3. The third kappa shape index (κ3) is 4.00. The van der Waals surface area contributed by atoms with Crippen molar-refractivity contribution in [1.29, 1.82) is 0 Å². The Balaban J connectivity index is 1.56. The molecule has 1 aliphatic heterocycles. The van der Waals surface area contributed by atoms with E-state index in [0.29, 0.717) is 23.2 Å². The molecule has 0 spiro atoms. The fourth-order valence-electron chi connectivity index (χ4n) is 4.45. The molecule has 0 radical (unpaired) electrons. The lowest BCUT2D eigenvalue weighted by molar-refractivity contribution is -0.140. The zero-order valence-electron chi connectivity index (χ0n) is 19.4. The SMILES string of the molecule is COC(=O)c1ccc(C2C(=C(O)c3ccncc3)C(=O)C(=O)N2CCn2cnc3ccccc32)cc1. The van der Waals surface area contributed by atoms with Crippen LogP contribution < -0.4 is 0 Å². The molecule has 180 valence electrons.